The smallest absolute Gasteiger partial charge is 0.262 e. The fourth-order valence-electron chi connectivity index (χ4n) is 2.74. The van der Waals surface area contributed by atoms with E-state index in [2.05, 4.69) is 16.2 Å². The lowest BCUT2D eigenvalue weighted by molar-refractivity contribution is -0.135. The van der Waals surface area contributed by atoms with Gasteiger partial charge >= 0.3 is 0 Å². The summed E-state index contributed by atoms with van der Waals surface area (Å²) < 4.78 is 1.34. The Bertz CT molecular complexity index is 905. The molecular weight excluding hydrogens is 282 g/mol. The van der Waals surface area contributed by atoms with Gasteiger partial charge in [-0.15, -0.1) is 6.42 Å². The molecule has 1 aromatic carbocycles. The summed E-state index contributed by atoms with van der Waals surface area (Å²) in [5, 5.41) is 2.62. The molecule has 1 fully saturated rings. The summed E-state index contributed by atoms with van der Waals surface area (Å²) in [6.45, 7) is 1.65. The van der Waals surface area contributed by atoms with Gasteiger partial charge in [0.2, 0.25) is 11.8 Å². The fraction of sp³-hybridized carbons (Fsp3) is 0.250. The van der Waals surface area contributed by atoms with Crippen molar-refractivity contribution in [3.8, 4) is 12.3 Å². The number of aromatic nitrogens is 2. The van der Waals surface area contributed by atoms with E-state index in [0.717, 1.165) is 0 Å². The van der Waals surface area contributed by atoms with E-state index in [1.807, 2.05) is 0 Å². The predicted octanol–water partition coefficient (Wildman–Crippen LogP) is 0.664. The number of fused-ring (bicyclic) bond motifs is 1. The van der Waals surface area contributed by atoms with Gasteiger partial charge in [0.05, 0.1) is 16.5 Å². The molecule has 22 heavy (non-hydrogen) atoms. The van der Waals surface area contributed by atoms with Crippen molar-refractivity contribution in [1.82, 2.24) is 14.9 Å². The van der Waals surface area contributed by atoms with E-state index in [0.29, 0.717) is 22.3 Å². The number of piperidine rings is 1. The van der Waals surface area contributed by atoms with Crippen LogP contribution in [0.1, 0.15) is 30.3 Å². The molecule has 1 aliphatic heterocycles. The van der Waals surface area contributed by atoms with Gasteiger partial charge in [-0.25, -0.2) is 4.98 Å². The standard InChI is InChI=1S/C16H13N3O3/c1-3-10-5-4-6-11-14(10)17-9(2)19(16(11)22)12-7-8-13(20)18-15(12)21/h1,4-6,12H,7-8H2,2H3,(H,18,20,21). The summed E-state index contributed by atoms with van der Waals surface area (Å²) in [6, 6.07) is 4.30. The molecule has 2 heterocycles. The molecule has 6 heteroatoms. The molecule has 1 N–H and O–H groups in total. The van der Waals surface area contributed by atoms with Crippen molar-refractivity contribution in [3.05, 3.63) is 39.9 Å². The highest BCUT2D eigenvalue weighted by Crippen LogP contribution is 2.20. The maximum atomic E-state index is 12.7. The van der Waals surface area contributed by atoms with Gasteiger partial charge in [-0.3, -0.25) is 24.3 Å². The van der Waals surface area contributed by atoms with E-state index in [1.165, 1.54) is 4.57 Å². The third-order valence-electron chi connectivity index (χ3n) is 3.78. The van der Waals surface area contributed by atoms with E-state index >= 15 is 0 Å². The number of benzene rings is 1. The van der Waals surface area contributed by atoms with Gasteiger partial charge < -0.3 is 0 Å². The van der Waals surface area contributed by atoms with Gasteiger partial charge in [0.25, 0.3) is 5.56 Å². The molecule has 0 saturated carbocycles. The zero-order chi connectivity index (χ0) is 15.9. The van der Waals surface area contributed by atoms with Crippen molar-refractivity contribution in [2.24, 2.45) is 0 Å². The number of nitrogens with one attached hydrogen (secondary N) is 1. The average Bonchev–Trinajstić information content (AvgIpc) is 2.49. The van der Waals surface area contributed by atoms with E-state index < -0.39 is 11.9 Å². The molecule has 2 amide bonds. The molecule has 0 spiro atoms. The summed E-state index contributed by atoms with van der Waals surface area (Å²) in [5.41, 5.74) is 0.665. The lowest BCUT2D eigenvalue weighted by Crippen LogP contribution is -2.45. The Morgan fingerprint density at radius 2 is 2.14 bits per heavy atom. The van der Waals surface area contributed by atoms with Gasteiger partial charge in [-0.2, -0.15) is 0 Å². The highest BCUT2D eigenvalue weighted by Gasteiger charge is 2.30. The number of imide groups is 1. The largest absolute Gasteiger partial charge is 0.295 e. The van der Waals surface area contributed by atoms with Gasteiger partial charge in [0, 0.05) is 6.42 Å². The molecule has 1 saturated heterocycles. The molecular formula is C16H13N3O3. The summed E-state index contributed by atoms with van der Waals surface area (Å²) in [7, 11) is 0. The number of rotatable bonds is 1. The minimum atomic E-state index is -0.725. The minimum absolute atomic E-state index is 0.199. The second-order valence-electron chi connectivity index (χ2n) is 5.15. The summed E-state index contributed by atoms with van der Waals surface area (Å²) in [5.74, 6) is 2.10. The third-order valence-corrected chi connectivity index (χ3v) is 3.78. The summed E-state index contributed by atoms with van der Waals surface area (Å²) >= 11 is 0. The minimum Gasteiger partial charge on any atom is -0.295 e. The van der Waals surface area contributed by atoms with Crippen molar-refractivity contribution >= 4 is 22.7 Å². The van der Waals surface area contributed by atoms with Crippen LogP contribution in [0.3, 0.4) is 0 Å². The average molecular weight is 295 g/mol. The lowest BCUT2D eigenvalue weighted by atomic mass is 10.0. The normalized spacial score (nSPS) is 18.1. The topological polar surface area (TPSA) is 81.1 Å². The van der Waals surface area contributed by atoms with Crippen LogP contribution in [-0.4, -0.2) is 21.4 Å². The SMILES string of the molecule is C#Cc1cccc2c(=O)n(C3CCC(=O)NC3=O)c(C)nc12. The van der Waals surface area contributed by atoms with Crippen LogP contribution < -0.4 is 10.9 Å². The monoisotopic (exact) mass is 295 g/mol. The molecule has 3 rings (SSSR count). The summed E-state index contributed by atoms with van der Waals surface area (Å²) in [6.07, 6.45) is 5.92. The van der Waals surface area contributed by atoms with Crippen molar-refractivity contribution < 1.29 is 9.59 Å². The quantitative estimate of drug-likeness (QED) is 0.619. The van der Waals surface area contributed by atoms with Crippen LogP contribution >= 0.6 is 0 Å². The number of carbonyl (C=O) groups is 2. The Labute approximate surface area is 126 Å². The zero-order valence-corrected chi connectivity index (χ0v) is 11.9. The molecule has 110 valence electrons. The lowest BCUT2D eigenvalue weighted by Gasteiger charge is -2.24. The first-order valence-electron chi connectivity index (χ1n) is 6.85. The Kier molecular flexibility index (Phi) is 3.26. The first-order valence-corrected chi connectivity index (χ1v) is 6.85. The molecule has 1 aromatic heterocycles. The number of para-hydroxylation sites is 1. The highest BCUT2D eigenvalue weighted by molar-refractivity contribution is 5.99. The molecule has 1 unspecified atom stereocenters. The molecule has 0 aliphatic carbocycles. The van der Waals surface area contributed by atoms with Gasteiger partial charge in [0.1, 0.15) is 11.9 Å². The maximum Gasteiger partial charge on any atom is 0.262 e. The van der Waals surface area contributed by atoms with Gasteiger partial charge in [-0.05, 0) is 25.5 Å². The van der Waals surface area contributed by atoms with Crippen molar-refractivity contribution in [1.29, 1.82) is 0 Å². The number of carbonyl (C=O) groups excluding carboxylic acids is 2. The molecule has 1 atom stereocenters. The first-order chi connectivity index (χ1) is 10.5. The number of hydrogen-bond acceptors (Lipinski definition) is 4. The van der Waals surface area contributed by atoms with Crippen LogP contribution in [0.25, 0.3) is 10.9 Å². The number of amides is 2. The number of aryl methyl sites for hydroxylation is 1. The fourth-order valence-corrected chi connectivity index (χ4v) is 2.74. The van der Waals surface area contributed by atoms with Gasteiger partial charge in [0.15, 0.2) is 0 Å². The Balaban J connectivity index is 2.24. The zero-order valence-electron chi connectivity index (χ0n) is 11.9. The van der Waals surface area contributed by atoms with E-state index in [4.69, 9.17) is 6.42 Å². The molecule has 0 radical (unpaired) electrons. The second-order valence-corrected chi connectivity index (χ2v) is 5.15. The predicted molar refractivity (Wildman–Crippen MR) is 80.1 cm³/mol. The number of nitrogens with zero attached hydrogens (tertiary/aromatic N) is 2. The van der Waals surface area contributed by atoms with Crippen molar-refractivity contribution in [3.63, 3.8) is 0 Å². The van der Waals surface area contributed by atoms with Crippen LogP contribution in [0.2, 0.25) is 0 Å². The molecule has 2 aromatic rings. The molecule has 0 bridgehead atoms. The van der Waals surface area contributed by atoms with Crippen molar-refractivity contribution in [2.75, 3.05) is 0 Å². The Morgan fingerprint density at radius 3 is 2.82 bits per heavy atom. The second kappa shape index (κ2) is 5.11. The van der Waals surface area contributed by atoms with Gasteiger partial charge in [-0.1, -0.05) is 12.0 Å². The maximum absolute atomic E-state index is 12.7. The van der Waals surface area contributed by atoms with Crippen LogP contribution in [0.15, 0.2) is 23.0 Å². The van der Waals surface area contributed by atoms with E-state index in [-0.39, 0.29) is 24.3 Å². The Hall–Kier alpha value is -2.94. The van der Waals surface area contributed by atoms with Crippen LogP contribution in [0, 0.1) is 19.3 Å². The van der Waals surface area contributed by atoms with Crippen LogP contribution in [0.5, 0.6) is 0 Å². The first kappa shape index (κ1) is 14.0. The third kappa shape index (κ3) is 2.07. The van der Waals surface area contributed by atoms with E-state index in [9.17, 15) is 14.4 Å². The number of terminal acetylenes is 1. The highest BCUT2D eigenvalue weighted by atomic mass is 16.2. The Morgan fingerprint density at radius 1 is 1.36 bits per heavy atom. The number of hydrogen-bond donors (Lipinski definition) is 1. The molecule has 1 aliphatic rings. The van der Waals surface area contributed by atoms with Crippen molar-refractivity contribution in [2.45, 2.75) is 25.8 Å². The van der Waals surface area contributed by atoms with E-state index in [1.54, 1.807) is 25.1 Å². The molecule has 6 nitrogen and oxygen atoms in total. The summed E-state index contributed by atoms with van der Waals surface area (Å²) in [4.78, 5) is 40.4. The van der Waals surface area contributed by atoms with Crippen LogP contribution in [0.4, 0.5) is 0 Å². The van der Waals surface area contributed by atoms with Crippen LogP contribution in [-0.2, 0) is 9.59 Å².